The molecule has 0 aromatic rings. The quantitative estimate of drug-likeness (QED) is 0.151. The molecule has 186 valence electrons. The van der Waals surface area contributed by atoms with Gasteiger partial charge in [-0.2, -0.15) is 0 Å². The van der Waals surface area contributed by atoms with Gasteiger partial charge in [0.15, 0.2) is 6.29 Å². The van der Waals surface area contributed by atoms with Crippen molar-refractivity contribution in [1.29, 1.82) is 0 Å². The summed E-state index contributed by atoms with van der Waals surface area (Å²) >= 11 is 0. The predicted octanol–water partition coefficient (Wildman–Crippen LogP) is 5.13. The van der Waals surface area contributed by atoms with Crippen molar-refractivity contribution < 1.29 is 33.3 Å². The number of carbonyl (C=O) groups is 3. The van der Waals surface area contributed by atoms with Crippen LogP contribution in [0.25, 0.3) is 0 Å². The van der Waals surface area contributed by atoms with E-state index >= 15 is 0 Å². The predicted molar refractivity (Wildman–Crippen MR) is 122 cm³/mol. The van der Waals surface area contributed by atoms with E-state index < -0.39 is 11.9 Å². The Balaban J connectivity index is 2.15. The Morgan fingerprint density at radius 2 is 1.53 bits per heavy atom. The number of Topliss-reactive ketones (excluding diaryl/α,β-unsaturated/α-hetero) is 1. The van der Waals surface area contributed by atoms with Gasteiger partial charge in [-0.15, -0.1) is 0 Å². The Labute approximate surface area is 193 Å². The molecule has 2 unspecified atom stereocenters. The SMILES string of the molecule is CCOC(=O)CCCCCC(C(=O)CCCCCCCOC1CCCCO1)C(=O)OCC. The first-order valence-corrected chi connectivity index (χ1v) is 12.7. The van der Waals surface area contributed by atoms with Gasteiger partial charge >= 0.3 is 11.9 Å². The van der Waals surface area contributed by atoms with Gasteiger partial charge in [0.1, 0.15) is 11.7 Å². The molecule has 2 atom stereocenters. The molecule has 0 spiro atoms. The fourth-order valence-electron chi connectivity index (χ4n) is 3.84. The second kappa shape index (κ2) is 19.0. The minimum Gasteiger partial charge on any atom is -0.466 e. The van der Waals surface area contributed by atoms with Crippen molar-refractivity contribution in [3.63, 3.8) is 0 Å². The summed E-state index contributed by atoms with van der Waals surface area (Å²) in [6.45, 7) is 5.74. The number of ketones is 1. The summed E-state index contributed by atoms with van der Waals surface area (Å²) in [5.74, 6) is -1.31. The van der Waals surface area contributed by atoms with E-state index in [-0.39, 0.29) is 24.6 Å². The van der Waals surface area contributed by atoms with Crippen LogP contribution in [0.15, 0.2) is 0 Å². The van der Waals surface area contributed by atoms with Crippen molar-refractivity contribution in [2.45, 2.75) is 110 Å². The van der Waals surface area contributed by atoms with Gasteiger partial charge in [0, 0.05) is 26.1 Å². The zero-order valence-electron chi connectivity index (χ0n) is 20.2. The number of esters is 2. The normalized spacial score (nSPS) is 17.0. The molecule has 0 radical (unpaired) electrons. The Kier molecular flexibility index (Phi) is 17.0. The van der Waals surface area contributed by atoms with E-state index in [0.717, 1.165) is 71.0 Å². The molecule has 0 aromatic carbocycles. The Hall–Kier alpha value is -1.47. The maximum atomic E-state index is 12.6. The van der Waals surface area contributed by atoms with Crippen LogP contribution in [0, 0.1) is 5.92 Å². The molecular weight excluding hydrogens is 412 g/mol. The standard InChI is InChI=1S/C25H44O7/c1-3-29-23(27)17-11-8-9-15-21(25(28)30-4-2)22(26)16-10-6-5-7-13-19-31-24-18-12-14-20-32-24/h21,24H,3-20H2,1-2H3. The second-order valence-electron chi connectivity index (χ2n) is 8.36. The Bertz CT molecular complexity index is 514. The molecule has 0 saturated carbocycles. The zero-order valence-corrected chi connectivity index (χ0v) is 20.2. The van der Waals surface area contributed by atoms with E-state index in [1.807, 2.05) is 0 Å². The smallest absolute Gasteiger partial charge is 0.316 e. The molecule has 0 aliphatic carbocycles. The van der Waals surface area contributed by atoms with Crippen molar-refractivity contribution in [2.75, 3.05) is 26.4 Å². The molecule has 1 aliphatic heterocycles. The van der Waals surface area contributed by atoms with Gasteiger partial charge in [0.2, 0.25) is 0 Å². The monoisotopic (exact) mass is 456 g/mol. The minimum absolute atomic E-state index is 0.0216. The summed E-state index contributed by atoms with van der Waals surface area (Å²) in [6.07, 6.45) is 11.7. The highest BCUT2D eigenvalue weighted by molar-refractivity contribution is 5.98. The third-order valence-corrected chi connectivity index (χ3v) is 5.65. The molecular formula is C25H44O7. The van der Waals surface area contributed by atoms with Crippen molar-refractivity contribution in [3.8, 4) is 0 Å². The average Bonchev–Trinajstić information content (AvgIpc) is 2.78. The number of hydrogen-bond acceptors (Lipinski definition) is 7. The highest BCUT2D eigenvalue weighted by Crippen LogP contribution is 2.18. The van der Waals surface area contributed by atoms with Crippen molar-refractivity contribution in [1.82, 2.24) is 0 Å². The molecule has 0 amide bonds. The van der Waals surface area contributed by atoms with Crippen LogP contribution < -0.4 is 0 Å². The van der Waals surface area contributed by atoms with Gasteiger partial charge in [0.05, 0.1) is 13.2 Å². The first-order chi connectivity index (χ1) is 15.6. The number of rotatable bonds is 19. The van der Waals surface area contributed by atoms with Gasteiger partial charge < -0.3 is 18.9 Å². The van der Waals surface area contributed by atoms with E-state index in [2.05, 4.69) is 0 Å². The molecule has 1 saturated heterocycles. The van der Waals surface area contributed by atoms with Crippen LogP contribution in [0.1, 0.15) is 104 Å². The van der Waals surface area contributed by atoms with Gasteiger partial charge in [-0.25, -0.2) is 0 Å². The van der Waals surface area contributed by atoms with Crippen molar-refractivity contribution in [3.05, 3.63) is 0 Å². The van der Waals surface area contributed by atoms with Crippen LogP contribution in [0.5, 0.6) is 0 Å². The van der Waals surface area contributed by atoms with E-state index in [0.29, 0.717) is 32.3 Å². The molecule has 0 bridgehead atoms. The number of carbonyl (C=O) groups excluding carboxylic acids is 3. The Morgan fingerprint density at radius 3 is 2.25 bits per heavy atom. The molecule has 32 heavy (non-hydrogen) atoms. The summed E-state index contributed by atoms with van der Waals surface area (Å²) in [4.78, 5) is 36.2. The average molecular weight is 457 g/mol. The lowest BCUT2D eigenvalue weighted by molar-refractivity contribution is -0.162. The third-order valence-electron chi connectivity index (χ3n) is 5.65. The molecule has 7 heteroatoms. The number of unbranched alkanes of at least 4 members (excludes halogenated alkanes) is 6. The third kappa shape index (κ3) is 13.8. The topological polar surface area (TPSA) is 88.1 Å². The lowest BCUT2D eigenvalue weighted by Crippen LogP contribution is -2.26. The number of hydrogen-bond donors (Lipinski definition) is 0. The maximum Gasteiger partial charge on any atom is 0.316 e. The van der Waals surface area contributed by atoms with Crippen molar-refractivity contribution in [2.24, 2.45) is 5.92 Å². The largest absolute Gasteiger partial charge is 0.466 e. The van der Waals surface area contributed by atoms with Gasteiger partial charge in [0.25, 0.3) is 0 Å². The summed E-state index contributed by atoms with van der Waals surface area (Å²) in [7, 11) is 0. The second-order valence-corrected chi connectivity index (χ2v) is 8.36. The molecule has 1 fully saturated rings. The lowest BCUT2D eigenvalue weighted by atomic mass is 9.93. The zero-order chi connectivity index (χ0) is 23.4. The summed E-state index contributed by atoms with van der Waals surface area (Å²) in [5, 5.41) is 0. The van der Waals surface area contributed by atoms with Crippen LogP contribution in [0.2, 0.25) is 0 Å². The van der Waals surface area contributed by atoms with Crippen LogP contribution in [0.3, 0.4) is 0 Å². The molecule has 1 aliphatic rings. The fourth-order valence-corrected chi connectivity index (χ4v) is 3.84. The highest BCUT2D eigenvalue weighted by Gasteiger charge is 2.26. The molecule has 0 aromatic heterocycles. The highest BCUT2D eigenvalue weighted by atomic mass is 16.7. The fraction of sp³-hybridized carbons (Fsp3) is 0.880. The minimum atomic E-state index is -0.679. The lowest BCUT2D eigenvalue weighted by Gasteiger charge is -2.22. The van der Waals surface area contributed by atoms with E-state index in [1.165, 1.54) is 6.42 Å². The molecule has 0 N–H and O–H groups in total. The maximum absolute atomic E-state index is 12.6. The number of ether oxygens (including phenoxy) is 4. The van der Waals surface area contributed by atoms with Gasteiger partial charge in [-0.3, -0.25) is 14.4 Å². The molecule has 1 rings (SSSR count). The van der Waals surface area contributed by atoms with Crippen LogP contribution in [-0.4, -0.2) is 50.4 Å². The van der Waals surface area contributed by atoms with Crippen molar-refractivity contribution >= 4 is 17.7 Å². The summed E-state index contributed by atoms with van der Waals surface area (Å²) < 4.78 is 21.3. The van der Waals surface area contributed by atoms with Crippen LogP contribution in [-0.2, 0) is 33.3 Å². The Morgan fingerprint density at radius 1 is 0.844 bits per heavy atom. The summed E-state index contributed by atoms with van der Waals surface area (Å²) in [5.41, 5.74) is 0. The first kappa shape index (κ1) is 28.6. The van der Waals surface area contributed by atoms with Crippen LogP contribution >= 0.6 is 0 Å². The van der Waals surface area contributed by atoms with Gasteiger partial charge in [-0.1, -0.05) is 32.1 Å². The molecule has 1 heterocycles. The van der Waals surface area contributed by atoms with Crippen LogP contribution in [0.4, 0.5) is 0 Å². The van der Waals surface area contributed by atoms with E-state index in [4.69, 9.17) is 18.9 Å². The summed E-state index contributed by atoms with van der Waals surface area (Å²) in [6, 6.07) is 0. The van der Waals surface area contributed by atoms with E-state index in [1.54, 1.807) is 13.8 Å². The van der Waals surface area contributed by atoms with Gasteiger partial charge in [-0.05, 0) is 58.8 Å². The molecule has 7 nitrogen and oxygen atoms in total. The first-order valence-electron chi connectivity index (χ1n) is 12.7. The van der Waals surface area contributed by atoms with E-state index in [9.17, 15) is 14.4 Å².